The van der Waals surface area contributed by atoms with E-state index in [1.165, 1.54) is 10.8 Å². The molecule has 1 aromatic heterocycles. The Kier molecular flexibility index (Phi) is 5.58. The van der Waals surface area contributed by atoms with Gasteiger partial charge in [-0.2, -0.15) is 0 Å². The Hall–Kier alpha value is -2.08. The maximum atomic E-state index is 12.8. The van der Waals surface area contributed by atoms with Crippen LogP contribution in [0.2, 0.25) is 0 Å². The second kappa shape index (κ2) is 8.11. The summed E-state index contributed by atoms with van der Waals surface area (Å²) >= 11 is 0. The molecule has 3 heterocycles. The van der Waals surface area contributed by atoms with Crippen molar-refractivity contribution in [2.24, 2.45) is 0 Å². The third kappa shape index (κ3) is 3.62. The molecule has 28 heavy (non-hydrogen) atoms. The number of benzene rings is 2. The minimum Gasteiger partial charge on any atom is -0.461 e. The van der Waals surface area contributed by atoms with Crippen molar-refractivity contribution in [1.29, 1.82) is 0 Å². The molecule has 5 rings (SSSR count). The standard InChI is InChI=1S/C22H25N3O2.ClH/c26-22(25-10-7-17(15-25)24-11-8-23-9-12-24)14-18-13-20-19-4-2-1-3-16(19)5-6-21(20)27-18;/h1-6,13,17,23H,7-12,14-15H2;1H. The van der Waals surface area contributed by atoms with Crippen LogP contribution in [-0.4, -0.2) is 61.0 Å². The van der Waals surface area contributed by atoms with Crippen LogP contribution in [0, 0.1) is 0 Å². The number of carbonyl (C=O) groups excluding carboxylic acids is 1. The number of furan rings is 1. The van der Waals surface area contributed by atoms with E-state index in [0.29, 0.717) is 12.5 Å². The van der Waals surface area contributed by atoms with Crippen molar-refractivity contribution < 1.29 is 9.21 Å². The Balaban J connectivity index is 0.00000192. The summed E-state index contributed by atoms with van der Waals surface area (Å²) in [5.74, 6) is 0.938. The van der Waals surface area contributed by atoms with Gasteiger partial charge in [-0.05, 0) is 29.3 Å². The highest BCUT2D eigenvalue weighted by Crippen LogP contribution is 2.28. The van der Waals surface area contributed by atoms with Crippen molar-refractivity contribution in [2.45, 2.75) is 18.9 Å². The molecule has 0 saturated carbocycles. The summed E-state index contributed by atoms with van der Waals surface area (Å²) < 4.78 is 5.98. The highest BCUT2D eigenvalue weighted by Gasteiger charge is 2.31. The molecule has 5 nitrogen and oxygen atoms in total. The molecule has 6 heteroatoms. The van der Waals surface area contributed by atoms with E-state index in [0.717, 1.165) is 62.4 Å². The first-order valence-electron chi connectivity index (χ1n) is 9.91. The molecule has 2 aromatic carbocycles. The molecule has 3 aromatic rings. The first-order valence-corrected chi connectivity index (χ1v) is 9.91. The fourth-order valence-electron chi connectivity index (χ4n) is 4.51. The van der Waals surface area contributed by atoms with Crippen LogP contribution in [0.1, 0.15) is 12.2 Å². The van der Waals surface area contributed by atoms with Gasteiger partial charge in [0.25, 0.3) is 0 Å². The molecule has 1 amide bonds. The Labute approximate surface area is 171 Å². The minimum atomic E-state index is 0. The van der Waals surface area contributed by atoms with E-state index >= 15 is 0 Å². The largest absolute Gasteiger partial charge is 0.461 e. The molecule has 2 fully saturated rings. The summed E-state index contributed by atoms with van der Waals surface area (Å²) in [4.78, 5) is 17.4. The summed E-state index contributed by atoms with van der Waals surface area (Å²) in [6, 6.07) is 14.9. The third-order valence-electron chi connectivity index (χ3n) is 5.99. The molecule has 0 aliphatic carbocycles. The van der Waals surface area contributed by atoms with Gasteiger partial charge in [-0.3, -0.25) is 9.69 Å². The van der Waals surface area contributed by atoms with E-state index in [-0.39, 0.29) is 18.3 Å². The van der Waals surface area contributed by atoms with Gasteiger partial charge in [0.2, 0.25) is 5.91 Å². The lowest BCUT2D eigenvalue weighted by molar-refractivity contribution is -0.129. The van der Waals surface area contributed by atoms with E-state index in [2.05, 4.69) is 28.4 Å². The van der Waals surface area contributed by atoms with E-state index < -0.39 is 0 Å². The van der Waals surface area contributed by atoms with Gasteiger partial charge in [0.1, 0.15) is 11.3 Å². The Morgan fingerprint density at radius 2 is 1.89 bits per heavy atom. The van der Waals surface area contributed by atoms with Crippen molar-refractivity contribution in [3.05, 3.63) is 48.2 Å². The number of halogens is 1. The van der Waals surface area contributed by atoms with E-state index in [1.54, 1.807) is 0 Å². The minimum absolute atomic E-state index is 0. The SMILES string of the molecule is Cl.O=C(Cc1cc2c(ccc3ccccc32)o1)N1CCC(N2CCNCC2)C1. The highest BCUT2D eigenvalue weighted by atomic mass is 35.5. The fourth-order valence-corrected chi connectivity index (χ4v) is 4.51. The predicted molar refractivity (Wildman–Crippen MR) is 114 cm³/mol. The number of hydrogen-bond donors (Lipinski definition) is 1. The first-order chi connectivity index (χ1) is 13.3. The van der Waals surface area contributed by atoms with Crippen molar-refractivity contribution in [2.75, 3.05) is 39.3 Å². The van der Waals surface area contributed by atoms with Crippen LogP contribution in [0.25, 0.3) is 21.7 Å². The first kappa shape index (κ1) is 19.2. The average Bonchev–Trinajstić information content (AvgIpc) is 3.36. The molecular formula is C22H26ClN3O2. The molecule has 1 N–H and O–H groups in total. The monoisotopic (exact) mass is 399 g/mol. The van der Waals surface area contributed by atoms with Gasteiger partial charge in [0.05, 0.1) is 6.42 Å². The zero-order valence-corrected chi connectivity index (χ0v) is 16.7. The maximum Gasteiger partial charge on any atom is 0.230 e. The molecule has 1 atom stereocenters. The maximum absolute atomic E-state index is 12.8. The van der Waals surface area contributed by atoms with Crippen LogP contribution >= 0.6 is 12.4 Å². The lowest BCUT2D eigenvalue weighted by atomic mass is 10.1. The van der Waals surface area contributed by atoms with Crippen LogP contribution in [0.15, 0.2) is 46.9 Å². The fraction of sp³-hybridized carbons (Fsp3) is 0.409. The molecular weight excluding hydrogens is 374 g/mol. The Morgan fingerprint density at radius 1 is 1.07 bits per heavy atom. The number of amides is 1. The number of hydrogen-bond acceptors (Lipinski definition) is 4. The number of piperazine rings is 1. The lowest BCUT2D eigenvalue weighted by Crippen LogP contribution is -2.49. The van der Waals surface area contributed by atoms with Gasteiger partial charge in [0.15, 0.2) is 0 Å². The summed E-state index contributed by atoms with van der Waals surface area (Å²) in [5, 5.41) is 6.86. The topological polar surface area (TPSA) is 48.7 Å². The number of carbonyl (C=O) groups is 1. The zero-order chi connectivity index (χ0) is 18.2. The average molecular weight is 400 g/mol. The summed E-state index contributed by atoms with van der Waals surface area (Å²) in [6.45, 7) is 5.99. The molecule has 2 saturated heterocycles. The summed E-state index contributed by atoms with van der Waals surface area (Å²) in [5.41, 5.74) is 0.858. The molecule has 0 spiro atoms. The third-order valence-corrected chi connectivity index (χ3v) is 5.99. The number of fused-ring (bicyclic) bond motifs is 3. The quantitative estimate of drug-likeness (QED) is 0.735. The lowest BCUT2D eigenvalue weighted by Gasteiger charge is -2.32. The van der Waals surface area contributed by atoms with E-state index in [1.807, 2.05) is 29.2 Å². The second-order valence-corrected chi connectivity index (χ2v) is 7.66. The Morgan fingerprint density at radius 3 is 2.75 bits per heavy atom. The van der Waals surface area contributed by atoms with Crippen LogP contribution in [-0.2, 0) is 11.2 Å². The number of nitrogens with zero attached hydrogens (tertiary/aromatic N) is 2. The smallest absolute Gasteiger partial charge is 0.230 e. The summed E-state index contributed by atoms with van der Waals surface area (Å²) in [6.07, 6.45) is 1.42. The predicted octanol–water partition coefficient (Wildman–Crippen LogP) is 3.06. The van der Waals surface area contributed by atoms with Gasteiger partial charge in [-0.25, -0.2) is 0 Å². The van der Waals surface area contributed by atoms with Crippen molar-refractivity contribution in [1.82, 2.24) is 15.1 Å². The molecule has 1 unspecified atom stereocenters. The molecule has 2 aliphatic heterocycles. The van der Waals surface area contributed by atoms with Crippen LogP contribution in [0.5, 0.6) is 0 Å². The highest BCUT2D eigenvalue weighted by molar-refractivity contribution is 6.06. The van der Waals surface area contributed by atoms with Crippen molar-refractivity contribution in [3.63, 3.8) is 0 Å². The van der Waals surface area contributed by atoms with Crippen LogP contribution in [0.3, 0.4) is 0 Å². The van der Waals surface area contributed by atoms with Gasteiger partial charge >= 0.3 is 0 Å². The van der Waals surface area contributed by atoms with E-state index in [9.17, 15) is 4.79 Å². The molecule has 148 valence electrons. The van der Waals surface area contributed by atoms with Gasteiger partial charge in [-0.1, -0.05) is 30.3 Å². The number of likely N-dealkylation sites (tertiary alicyclic amines) is 1. The molecule has 0 bridgehead atoms. The Bertz CT molecular complexity index is 980. The van der Waals surface area contributed by atoms with Crippen molar-refractivity contribution >= 4 is 40.1 Å². The number of rotatable bonds is 3. The molecule has 2 aliphatic rings. The molecule has 0 radical (unpaired) electrons. The van der Waals surface area contributed by atoms with Crippen molar-refractivity contribution in [3.8, 4) is 0 Å². The second-order valence-electron chi connectivity index (χ2n) is 7.66. The van der Waals surface area contributed by atoms with Gasteiger partial charge < -0.3 is 14.6 Å². The normalized spacial score (nSPS) is 20.6. The van der Waals surface area contributed by atoms with Crippen LogP contribution in [0.4, 0.5) is 0 Å². The summed E-state index contributed by atoms with van der Waals surface area (Å²) in [7, 11) is 0. The zero-order valence-electron chi connectivity index (χ0n) is 15.9. The van der Waals surface area contributed by atoms with Crippen LogP contribution < -0.4 is 5.32 Å². The van der Waals surface area contributed by atoms with E-state index in [4.69, 9.17) is 4.42 Å². The van der Waals surface area contributed by atoms with Gasteiger partial charge in [-0.15, -0.1) is 12.4 Å². The van der Waals surface area contributed by atoms with Gasteiger partial charge in [0, 0.05) is 50.7 Å². The number of nitrogens with one attached hydrogen (secondary N) is 1.